The Hall–Kier alpha value is -1.04. The molecule has 0 atom stereocenters. The first-order valence-corrected chi connectivity index (χ1v) is 5.75. The van der Waals surface area contributed by atoms with E-state index in [1.165, 1.54) is 25.7 Å². The molecule has 0 spiro atoms. The molecule has 0 aliphatic heterocycles. The van der Waals surface area contributed by atoms with Gasteiger partial charge in [-0.05, 0) is 6.92 Å². The largest absolute Gasteiger partial charge is 0.466 e. The zero-order valence-electron chi connectivity index (χ0n) is 10.2. The molecule has 0 N–H and O–H groups in total. The number of carbonyl (C=O) groups excluding carboxylic acids is 1. The van der Waals surface area contributed by atoms with Crippen LogP contribution in [0.5, 0.6) is 0 Å². The lowest BCUT2D eigenvalue weighted by Crippen LogP contribution is -2.02. The lowest BCUT2D eigenvalue weighted by molar-refractivity contribution is -0.142. The summed E-state index contributed by atoms with van der Waals surface area (Å²) in [7, 11) is 0. The van der Waals surface area contributed by atoms with Crippen molar-refractivity contribution in [1.29, 1.82) is 5.26 Å². The molecule has 0 saturated heterocycles. The van der Waals surface area contributed by atoms with E-state index >= 15 is 0 Å². The SMILES string of the molecule is CCCCCC.CCOC(=O)CCC#N. The highest BCUT2D eigenvalue weighted by Gasteiger charge is 1.97. The first kappa shape index (κ1) is 16.4. The minimum absolute atomic E-state index is 0.213. The molecule has 0 aromatic carbocycles. The summed E-state index contributed by atoms with van der Waals surface area (Å²) in [5, 5.41) is 8.03. The van der Waals surface area contributed by atoms with E-state index in [1.54, 1.807) is 6.92 Å². The van der Waals surface area contributed by atoms with Gasteiger partial charge in [-0.2, -0.15) is 5.26 Å². The molecule has 0 saturated carbocycles. The normalized spacial score (nSPS) is 8.40. The van der Waals surface area contributed by atoms with Crippen molar-refractivity contribution < 1.29 is 9.53 Å². The highest BCUT2D eigenvalue weighted by atomic mass is 16.5. The molecular weight excluding hydrogens is 190 g/mol. The second-order valence-corrected chi connectivity index (χ2v) is 3.17. The van der Waals surface area contributed by atoms with Gasteiger partial charge < -0.3 is 4.74 Å². The summed E-state index contributed by atoms with van der Waals surface area (Å²) < 4.78 is 4.55. The second-order valence-electron chi connectivity index (χ2n) is 3.17. The van der Waals surface area contributed by atoms with Crippen molar-refractivity contribution in [3.8, 4) is 6.07 Å². The fraction of sp³-hybridized carbons (Fsp3) is 0.833. The van der Waals surface area contributed by atoms with Gasteiger partial charge in [0.15, 0.2) is 0 Å². The highest BCUT2D eigenvalue weighted by molar-refractivity contribution is 5.69. The Balaban J connectivity index is 0. The Morgan fingerprint density at radius 1 is 1.20 bits per heavy atom. The maximum atomic E-state index is 10.4. The van der Waals surface area contributed by atoms with Crippen LogP contribution < -0.4 is 0 Å². The summed E-state index contributed by atoms with van der Waals surface area (Å²) in [4.78, 5) is 10.4. The molecule has 0 unspecified atom stereocenters. The third-order valence-electron chi connectivity index (χ3n) is 1.70. The smallest absolute Gasteiger partial charge is 0.306 e. The van der Waals surface area contributed by atoms with Crippen molar-refractivity contribution in [2.75, 3.05) is 6.61 Å². The first-order valence-electron chi connectivity index (χ1n) is 5.75. The van der Waals surface area contributed by atoms with Crippen LogP contribution in [0, 0.1) is 11.3 Å². The number of hydrogen-bond acceptors (Lipinski definition) is 3. The van der Waals surface area contributed by atoms with Gasteiger partial charge in [0, 0.05) is 6.42 Å². The van der Waals surface area contributed by atoms with Gasteiger partial charge in [0.2, 0.25) is 0 Å². The van der Waals surface area contributed by atoms with Crippen LogP contribution >= 0.6 is 0 Å². The van der Waals surface area contributed by atoms with E-state index in [0.717, 1.165) is 0 Å². The number of nitrogens with zero attached hydrogens (tertiary/aromatic N) is 1. The van der Waals surface area contributed by atoms with Gasteiger partial charge in [-0.1, -0.05) is 39.5 Å². The Bertz CT molecular complexity index is 169. The molecule has 0 radical (unpaired) electrons. The van der Waals surface area contributed by atoms with E-state index in [4.69, 9.17) is 5.26 Å². The topological polar surface area (TPSA) is 50.1 Å². The Kier molecular flexibility index (Phi) is 16.9. The molecule has 0 aliphatic carbocycles. The van der Waals surface area contributed by atoms with E-state index in [9.17, 15) is 4.79 Å². The number of ether oxygens (including phenoxy) is 1. The van der Waals surface area contributed by atoms with E-state index in [1.807, 2.05) is 6.07 Å². The van der Waals surface area contributed by atoms with Crippen LogP contribution in [0.15, 0.2) is 0 Å². The lowest BCUT2D eigenvalue weighted by Gasteiger charge is -1.95. The van der Waals surface area contributed by atoms with Crippen molar-refractivity contribution in [3.63, 3.8) is 0 Å². The first-order chi connectivity index (χ1) is 7.22. The van der Waals surface area contributed by atoms with Gasteiger partial charge in [-0.3, -0.25) is 4.79 Å². The molecular formula is C12H23NO2. The third-order valence-corrected chi connectivity index (χ3v) is 1.70. The van der Waals surface area contributed by atoms with Crippen LogP contribution in [0.4, 0.5) is 0 Å². The average Bonchev–Trinajstić information content (AvgIpc) is 2.25. The van der Waals surface area contributed by atoms with Gasteiger partial charge in [0.05, 0.1) is 19.1 Å². The molecule has 0 aromatic rings. The quantitative estimate of drug-likeness (QED) is 0.501. The molecule has 3 nitrogen and oxygen atoms in total. The van der Waals surface area contributed by atoms with E-state index in [-0.39, 0.29) is 18.8 Å². The van der Waals surface area contributed by atoms with Gasteiger partial charge >= 0.3 is 5.97 Å². The zero-order chi connectivity index (χ0) is 11.9. The second kappa shape index (κ2) is 15.4. The fourth-order valence-electron chi connectivity index (χ4n) is 0.891. The van der Waals surface area contributed by atoms with Crippen LogP contribution in [-0.4, -0.2) is 12.6 Å². The summed E-state index contributed by atoms with van der Waals surface area (Å²) in [5.74, 6) is -0.293. The van der Waals surface area contributed by atoms with Crippen molar-refractivity contribution in [3.05, 3.63) is 0 Å². The highest BCUT2D eigenvalue weighted by Crippen LogP contribution is 1.95. The average molecular weight is 213 g/mol. The summed E-state index contributed by atoms with van der Waals surface area (Å²) in [6, 6.07) is 1.86. The van der Waals surface area contributed by atoms with Crippen LogP contribution in [0.2, 0.25) is 0 Å². The number of carbonyl (C=O) groups is 1. The molecule has 88 valence electrons. The molecule has 0 aromatic heterocycles. The Morgan fingerprint density at radius 3 is 2.07 bits per heavy atom. The summed E-state index contributed by atoms with van der Waals surface area (Å²) in [6.45, 7) is 6.60. The molecule has 3 heteroatoms. The fourth-order valence-corrected chi connectivity index (χ4v) is 0.891. The van der Waals surface area contributed by atoms with Crippen LogP contribution in [0.3, 0.4) is 0 Å². The molecule has 0 aliphatic rings. The number of esters is 1. The molecule has 0 heterocycles. The maximum Gasteiger partial charge on any atom is 0.306 e. The maximum absolute atomic E-state index is 10.4. The van der Waals surface area contributed by atoms with Crippen LogP contribution in [0.25, 0.3) is 0 Å². The van der Waals surface area contributed by atoms with Gasteiger partial charge in [-0.15, -0.1) is 0 Å². The van der Waals surface area contributed by atoms with Gasteiger partial charge in [0.1, 0.15) is 0 Å². The van der Waals surface area contributed by atoms with Crippen molar-refractivity contribution >= 4 is 5.97 Å². The molecule has 0 fully saturated rings. The monoisotopic (exact) mass is 213 g/mol. The van der Waals surface area contributed by atoms with Crippen molar-refractivity contribution in [1.82, 2.24) is 0 Å². The molecule has 15 heavy (non-hydrogen) atoms. The summed E-state index contributed by atoms with van der Waals surface area (Å²) in [6.07, 6.45) is 6.00. The van der Waals surface area contributed by atoms with Crippen LogP contribution in [0.1, 0.15) is 59.3 Å². The number of unbranched alkanes of at least 4 members (excludes halogenated alkanes) is 3. The predicted octanol–water partition coefficient (Wildman–Crippen LogP) is 3.44. The molecule has 0 amide bonds. The summed E-state index contributed by atoms with van der Waals surface area (Å²) >= 11 is 0. The van der Waals surface area contributed by atoms with Gasteiger partial charge in [-0.25, -0.2) is 0 Å². The number of hydrogen-bond donors (Lipinski definition) is 0. The Labute approximate surface area is 93.4 Å². The predicted molar refractivity (Wildman–Crippen MR) is 61.3 cm³/mol. The minimum Gasteiger partial charge on any atom is -0.466 e. The van der Waals surface area contributed by atoms with E-state index in [0.29, 0.717) is 6.61 Å². The number of rotatable bonds is 6. The third kappa shape index (κ3) is 19.4. The lowest BCUT2D eigenvalue weighted by atomic mass is 10.2. The van der Waals surface area contributed by atoms with Gasteiger partial charge in [0.25, 0.3) is 0 Å². The Morgan fingerprint density at radius 2 is 1.73 bits per heavy atom. The van der Waals surface area contributed by atoms with E-state index < -0.39 is 0 Å². The standard InChI is InChI=1S/C6H9NO2.C6H14/c1-2-9-6(8)4-3-5-7;1-3-5-6-4-2/h2-4H2,1H3;3-6H2,1-2H3. The van der Waals surface area contributed by atoms with Crippen molar-refractivity contribution in [2.24, 2.45) is 0 Å². The van der Waals surface area contributed by atoms with E-state index in [2.05, 4.69) is 18.6 Å². The van der Waals surface area contributed by atoms with Crippen LogP contribution in [-0.2, 0) is 9.53 Å². The number of nitriles is 1. The van der Waals surface area contributed by atoms with Crippen molar-refractivity contribution in [2.45, 2.75) is 59.3 Å². The summed E-state index contributed by atoms with van der Waals surface area (Å²) in [5.41, 5.74) is 0. The molecule has 0 rings (SSSR count). The zero-order valence-corrected chi connectivity index (χ0v) is 10.2. The minimum atomic E-state index is -0.293. The molecule has 0 bridgehead atoms.